The molecule has 2 aliphatic rings. The Bertz CT molecular complexity index is 974. The lowest BCUT2D eigenvalue weighted by atomic mass is 9.93. The number of carbonyl (C=O) groups excluding carboxylic acids is 1. The fraction of sp³-hybridized carbons (Fsp3) is 0.686. The normalized spacial score (nSPS) is 28.2. The molecule has 0 aliphatic carbocycles. The molecule has 0 radical (unpaired) electrons. The van der Waals surface area contributed by atoms with Crippen molar-refractivity contribution in [3.05, 3.63) is 60.8 Å². The van der Waals surface area contributed by atoms with E-state index in [0.717, 1.165) is 12.8 Å². The van der Waals surface area contributed by atoms with Gasteiger partial charge in [0.15, 0.2) is 12.4 Å². The molecule has 2 aliphatic heterocycles. The Morgan fingerprint density at radius 2 is 1.60 bits per heavy atom. The lowest BCUT2D eigenvalue weighted by Crippen LogP contribution is -2.58. The highest BCUT2D eigenvalue weighted by molar-refractivity contribution is 6.77. The van der Waals surface area contributed by atoms with Crippen molar-refractivity contribution < 1.29 is 28.2 Å². The van der Waals surface area contributed by atoms with Gasteiger partial charge in [-0.3, -0.25) is 0 Å². The highest BCUT2D eigenvalue weighted by atomic mass is 28.4. The van der Waals surface area contributed by atoms with Crippen LogP contribution in [-0.4, -0.2) is 51.3 Å². The minimum absolute atomic E-state index is 0.0730. The van der Waals surface area contributed by atoms with Gasteiger partial charge in [0.05, 0.1) is 0 Å². The van der Waals surface area contributed by atoms with E-state index in [2.05, 4.69) is 106 Å². The topological polar surface area (TPSA) is 66.5 Å². The first-order chi connectivity index (χ1) is 19.7. The monoisotopic (exact) mass is 602 g/mol. The van der Waals surface area contributed by atoms with Crippen molar-refractivity contribution in [1.82, 2.24) is 0 Å². The van der Waals surface area contributed by atoms with Gasteiger partial charge in [-0.05, 0) is 48.7 Å². The maximum Gasteiger partial charge on any atom is 0.509 e. The Morgan fingerprint density at radius 3 is 2.17 bits per heavy atom. The van der Waals surface area contributed by atoms with Crippen LogP contribution in [0.5, 0.6) is 0 Å². The first-order valence-corrected chi connectivity index (χ1v) is 18.0. The van der Waals surface area contributed by atoms with Gasteiger partial charge >= 0.3 is 6.16 Å². The van der Waals surface area contributed by atoms with Crippen LogP contribution in [0.3, 0.4) is 0 Å². The van der Waals surface area contributed by atoms with Crippen molar-refractivity contribution in [2.45, 2.75) is 136 Å². The zero-order valence-corrected chi connectivity index (χ0v) is 29.1. The lowest BCUT2D eigenvalue weighted by Gasteiger charge is -2.47. The molecule has 0 aromatic heterocycles. The average Bonchev–Trinajstić information content (AvgIpc) is 3.61. The Morgan fingerprint density at radius 1 is 0.976 bits per heavy atom. The Hall–Kier alpha value is -1.93. The molecule has 0 N–H and O–H groups in total. The number of rotatable bonds is 16. The summed E-state index contributed by atoms with van der Waals surface area (Å²) in [5.41, 5.74) is 1.76. The minimum Gasteiger partial charge on any atom is -0.430 e. The van der Waals surface area contributed by atoms with Gasteiger partial charge in [-0.1, -0.05) is 129 Å². The first-order valence-electron chi connectivity index (χ1n) is 15.9. The highest BCUT2D eigenvalue weighted by Crippen LogP contribution is 2.52. The number of carbonyl (C=O) groups is 1. The van der Waals surface area contributed by atoms with E-state index in [0.29, 0.717) is 28.5 Å². The lowest BCUT2D eigenvalue weighted by molar-refractivity contribution is -0.198. The van der Waals surface area contributed by atoms with Gasteiger partial charge in [-0.2, -0.15) is 0 Å². The number of epoxide rings is 1. The van der Waals surface area contributed by atoms with E-state index in [1.165, 1.54) is 11.6 Å². The molecule has 0 unspecified atom stereocenters. The van der Waals surface area contributed by atoms with Gasteiger partial charge in [0.25, 0.3) is 0 Å². The van der Waals surface area contributed by atoms with Crippen molar-refractivity contribution in [2.75, 3.05) is 6.61 Å². The van der Waals surface area contributed by atoms with E-state index in [1.54, 1.807) is 0 Å². The summed E-state index contributed by atoms with van der Waals surface area (Å²) in [5, 5.41) is 0. The summed E-state index contributed by atoms with van der Waals surface area (Å²) in [6.07, 6.45) is 15.7. The molecule has 0 aromatic rings. The molecule has 238 valence electrons. The second kappa shape index (κ2) is 16.2. The second-order valence-corrected chi connectivity index (χ2v) is 18.7. The summed E-state index contributed by atoms with van der Waals surface area (Å²) in [4.78, 5) is 12.5. The molecular weight excluding hydrogens is 544 g/mol. The molecule has 2 heterocycles. The summed E-state index contributed by atoms with van der Waals surface area (Å²) in [5.74, 6) is 1.01. The van der Waals surface area contributed by atoms with E-state index in [9.17, 15) is 4.79 Å². The fourth-order valence-electron chi connectivity index (χ4n) is 6.30. The molecule has 7 heteroatoms. The molecule has 2 fully saturated rings. The molecule has 0 saturated carbocycles. The second-order valence-electron chi connectivity index (χ2n) is 13.2. The Balaban J connectivity index is 2.21. The maximum atomic E-state index is 12.5. The van der Waals surface area contributed by atoms with E-state index in [1.807, 2.05) is 19.1 Å². The summed E-state index contributed by atoms with van der Waals surface area (Å²) < 4.78 is 30.7. The van der Waals surface area contributed by atoms with E-state index in [4.69, 9.17) is 23.4 Å². The van der Waals surface area contributed by atoms with Crippen LogP contribution in [0.1, 0.15) is 89.0 Å². The van der Waals surface area contributed by atoms with Crippen molar-refractivity contribution >= 4 is 14.5 Å². The van der Waals surface area contributed by atoms with Crippen LogP contribution in [0, 0.1) is 11.8 Å². The Kier molecular flexibility index (Phi) is 14.0. The standard InChI is InChI=1S/C35H58O6Si/c1-13-22-37-34(36)39-31-32-35(12,40-32)30(38-33(31)41-42(24(3)4,25(5)6)26(7)8)21-16-15-18-28(10)23-29(11)20-17-19-27(9)14-2/h13,15-21,24-28,30-33H,1,14,22-23H2,2-12H3/b18-15+,19-17+,21-16+,29-20+/t27-,28-,30+,31+,32-,33-,35+/m0/s1. The Labute approximate surface area is 257 Å². The molecule has 2 rings (SSSR count). The van der Waals surface area contributed by atoms with Crippen molar-refractivity contribution in [2.24, 2.45) is 11.8 Å². The van der Waals surface area contributed by atoms with Gasteiger partial charge in [-0.15, -0.1) is 0 Å². The number of fused-ring (bicyclic) bond motifs is 1. The van der Waals surface area contributed by atoms with Gasteiger partial charge in [0.1, 0.15) is 24.4 Å². The zero-order valence-electron chi connectivity index (χ0n) is 28.1. The van der Waals surface area contributed by atoms with Gasteiger partial charge in [0, 0.05) is 0 Å². The highest BCUT2D eigenvalue weighted by Gasteiger charge is 2.69. The molecule has 0 bridgehead atoms. The predicted molar refractivity (Wildman–Crippen MR) is 175 cm³/mol. The van der Waals surface area contributed by atoms with Crippen molar-refractivity contribution in [3.63, 3.8) is 0 Å². The number of hydrogen-bond acceptors (Lipinski definition) is 6. The van der Waals surface area contributed by atoms with Gasteiger partial charge in [0.2, 0.25) is 8.32 Å². The molecule has 0 aromatic carbocycles. The number of allylic oxidation sites excluding steroid dienone is 7. The van der Waals surface area contributed by atoms with E-state index >= 15 is 0 Å². The molecule has 2 saturated heterocycles. The third-order valence-corrected chi connectivity index (χ3v) is 14.9. The number of ether oxygens (including phenoxy) is 4. The van der Waals surface area contributed by atoms with Crippen LogP contribution >= 0.6 is 0 Å². The fourth-order valence-corrected chi connectivity index (χ4v) is 11.7. The molecule has 6 nitrogen and oxygen atoms in total. The molecule has 0 spiro atoms. The van der Waals surface area contributed by atoms with Crippen LogP contribution < -0.4 is 0 Å². The summed E-state index contributed by atoms with van der Waals surface area (Å²) in [6.45, 7) is 27.9. The third kappa shape index (κ3) is 9.28. The largest absolute Gasteiger partial charge is 0.509 e. The molecular formula is C35H58O6Si. The van der Waals surface area contributed by atoms with Gasteiger partial charge in [-0.25, -0.2) is 4.79 Å². The SMILES string of the molecule is C=CCOC(=O)O[C@H]1[C@H](O[Si](C(C)C)(C(C)C)C(C)C)O[C@H](/C=C/C=C/[C@H](C)C/C(C)=C/C=C/[C@@H](C)CC)[C@@]2(C)O[C@@H]12. The van der Waals surface area contributed by atoms with Crippen LogP contribution in [0.25, 0.3) is 0 Å². The van der Waals surface area contributed by atoms with Crippen LogP contribution in [0.15, 0.2) is 60.8 Å². The summed E-state index contributed by atoms with van der Waals surface area (Å²) in [7, 11) is -2.36. The minimum atomic E-state index is -2.36. The smallest absolute Gasteiger partial charge is 0.430 e. The summed E-state index contributed by atoms with van der Waals surface area (Å²) in [6, 6.07) is 0. The maximum absolute atomic E-state index is 12.5. The van der Waals surface area contributed by atoms with Crippen LogP contribution in [-0.2, 0) is 23.4 Å². The third-order valence-electron chi connectivity index (χ3n) is 8.82. The molecule has 0 amide bonds. The predicted octanol–water partition coefficient (Wildman–Crippen LogP) is 9.46. The zero-order chi connectivity index (χ0) is 31.7. The van der Waals surface area contributed by atoms with Crippen LogP contribution in [0.4, 0.5) is 4.79 Å². The van der Waals surface area contributed by atoms with Crippen LogP contribution in [0.2, 0.25) is 16.6 Å². The van der Waals surface area contributed by atoms with Crippen molar-refractivity contribution in [3.8, 4) is 0 Å². The van der Waals surface area contributed by atoms with Crippen molar-refractivity contribution in [1.29, 1.82) is 0 Å². The van der Waals surface area contributed by atoms with E-state index < -0.39 is 32.5 Å². The van der Waals surface area contributed by atoms with E-state index in [-0.39, 0.29) is 18.8 Å². The molecule has 7 atom stereocenters. The molecule has 42 heavy (non-hydrogen) atoms. The van der Waals surface area contributed by atoms with Gasteiger partial charge < -0.3 is 23.4 Å². The summed E-state index contributed by atoms with van der Waals surface area (Å²) >= 11 is 0. The average molecular weight is 603 g/mol. The first kappa shape index (κ1) is 36.3. The quantitative estimate of drug-likeness (QED) is 0.0576. The number of hydrogen-bond donors (Lipinski definition) is 0.